The summed E-state index contributed by atoms with van der Waals surface area (Å²) in [5.41, 5.74) is 2.96. The normalized spacial score (nSPS) is 14.6. The van der Waals surface area contributed by atoms with E-state index in [9.17, 15) is 9.59 Å². The van der Waals surface area contributed by atoms with Crippen molar-refractivity contribution in [2.75, 3.05) is 20.3 Å². The van der Waals surface area contributed by atoms with Crippen LogP contribution in [-0.2, 0) is 16.1 Å². The summed E-state index contributed by atoms with van der Waals surface area (Å²) in [6.07, 6.45) is 1.78. The van der Waals surface area contributed by atoms with Gasteiger partial charge in [-0.2, -0.15) is 0 Å². The maximum atomic E-state index is 14.0. The van der Waals surface area contributed by atoms with E-state index in [1.807, 2.05) is 61.5 Å². The zero-order valence-electron chi connectivity index (χ0n) is 24.6. The molecule has 0 N–H and O–H groups in total. The van der Waals surface area contributed by atoms with E-state index in [0.717, 1.165) is 16.7 Å². The Morgan fingerprint density at radius 2 is 1.80 bits per heavy atom. The fourth-order valence-corrected chi connectivity index (χ4v) is 6.62. The average molecular weight is 698 g/mol. The molecule has 3 aromatic carbocycles. The molecule has 4 aromatic rings. The number of ether oxygens (including phenoxy) is 4. The van der Waals surface area contributed by atoms with Crippen LogP contribution in [0.2, 0.25) is 5.02 Å². The first-order valence-electron chi connectivity index (χ1n) is 13.9. The van der Waals surface area contributed by atoms with Crippen molar-refractivity contribution < 1.29 is 23.7 Å². The van der Waals surface area contributed by atoms with Gasteiger partial charge in [-0.15, -0.1) is 0 Å². The summed E-state index contributed by atoms with van der Waals surface area (Å²) in [5.74, 6) is 1.22. The second-order valence-electron chi connectivity index (χ2n) is 9.75. The van der Waals surface area contributed by atoms with Gasteiger partial charge in [0, 0.05) is 5.02 Å². The van der Waals surface area contributed by atoms with Gasteiger partial charge in [-0.25, -0.2) is 9.79 Å². The molecule has 0 saturated carbocycles. The quantitative estimate of drug-likeness (QED) is 0.184. The lowest BCUT2D eigenvalue weighted by atomic mass is 9.96. The maximum Gasteiger partial charge on any atom is 0.338 e. The van der Waals surface area contributed by atoms with Crippen molar-refractivity contribution in [3.05, 3.63) is 118 Å². The van der Waals surface area contributed by atoms with Crippen molar-refractivity contribution in [2.45, 2.75) is 33.4 Å². The molecule has 1 aromatic heterocycles. The summed E-state index contributed by atoms with van der Waals surface area (Å²) in [6.45, 7) is 6.46. The van der Waals surface area contributed by atoms with E-state index < -0.39 is 12.0 Å². The van der Waals surface area contributed by atoms with Gasteiger partial charge in [-0.05, 0) is 95.9 Å². The van der Waals surface area contributed by atoms with Crippen molar-refractivity contribution in [1.29, 1.82) is 0 Å². The number of hydrogen-bond acceptors (Lipinski definition) is 8. The van der Waals surface area contributed by atoms with Crippen molar-refractivity contribution in [3.63, 3.8) is 0 Å². The predicted octanol–water partition coefficient (Wildman–Crippen LogP) is 6.20. The molecular weight excluding hydrogens is 668 g/mol. The molecule has 8 nitrogen and oxygen atoms in total. The third kappa shape index (κ3) is 6.62. The molecule has 0 fully saturated rings. The summed E-state index contributed by atoms with van der Waals surface area (Å²) in [7, 11) is 1.56. The van der Waals surface area contributed by atoms with Crippen LogP contribution < -0.4 is 29.1 Å². The van der Waals surface area contributed by atoms with Crippen molar-refractivity contribution >= 4 is 50.9 Å². The molecule has 2 heterocycles. The lowest BCUT2D eigenvalue weighted by Crippen LogP contribution is -2.39. The molecule has 0 amide bonds. The lowest BCUT2D eigenvalue weighted by molar-refractivity contribution is -0.139. The van der Waals surface area contributed by atoms with Crippen LogP contribution in [0.4, 0.5) is 0 Å². The molecule has 1 aliphatic rings. The number of carbonyl (C=O) groups is 1. The van der Waals surface area contributed by atoms with Crippen LogP contribution in [-0.4, -0.2) is 30.9 Å². The molecule has 0 unspecified atom stereocenters. The Morgan fingerprint density at radius 1 is 1.07 bits per heavy atom. The zero-order valence-corrected chi connectivity index (χ0v) is 27.7. The van der Waals surface area contributed by atoms with Crippen molar-refractivity contribution in [2.24, 2.45) is 4.99 Å². The first-order valence-corrected chi connectivity index (χ1v) is 15.9. The predicted molar refractivity (Wildman–Crippen MR) is 174 cm³/mol. The number of carbonyl (C=O) groups excluding carboxylic acids is 1. The monoisotopic (exact) mass is 696 g/mol. The average Bonchev–Trinajstić information content (AvgIpc) is 3.30. The van der Waals surface area contributed by atoms with Gasteiger partial charge in [-0.1, -0.05) is 47.2 Å². The number of aromatic nitrogens is 1. The molecule has 0 saturated heterocycles. The highest BCUT2D eigenvalue weighted by molar-refractivity contribution is 9.10. The van der Waals surface area contributed by atoms with Crippen LogP contribution in [0.1, 0.15) is 43.5 Å². The van der Waals surface area contributed by atoms with Gasteiger partial charge in [0.15, 0.2) is 16.3 Å². The molecular formula is C33H30BrClN2O6S. The Balaban J connectivity index is 1.56. The number of halogens is 2. The number of thiazole rings is 1. The van der Waals surface area contributed by atoms with E-state index in [1.54, 1.807) is 37.7 Å². The molecule has 0 radical (unpaired) electrons. The largest absolute Gasteiger partial charge is 0.494 e. The van der Waals surface area contributed by atoms with E-state index >= 15 is 0 Å². The number of nitrogens with zero attached hydrogens (tertiary/aromatic N) is 2. The molecule has 1 atom stereocenters. The number of benzene rings is 3. The summed E-state index contributed by atoms with van der Waals surface area (Å²) in [5, 5.41) is 0.653. The number of hydrogen-bond donors (Lipinski definition) is 0. The summed E-state index contributed by atoms with van der Waals surface area (Å²) < 4.78 is 25.4. The molecule has 44 heavy (non-hydrogen) atoms. The van der Waals surface area contributed by atoms with Crippen LogP contribution in [0.5, 0.6) is 17.2 Å². The van der Waals surface area contributed by atoms with E-state index in [2.05, 4.69) is 20.9 Å². The minimum absolute atomic E-state index is 0.201. The van der Waals surface area contributed by atoms with Crippen LogP contribution >= 0.6 is 38.9 Å². The van der Waals surface area contributed by atoms with Gasteiger partial charge in [0.2, 0.25) is 0 Å². The molecule has 0 spiro atoms. The highest BCUT2D eigenvalue weighted by atomic mass is 79.9. The number of esters is 1. The van der Waals surface area contributed by atoms with Gasteiger partial charge >= 0.3 is 5.97 Å². The first-order chi connectivity index (χ1) is 21.2. The summed E-state index contributed by atoms with van der Waals surface area (Å²) >= 11 is 10.9. The molecule has 228 valence electrons. The number of rotatable bonds is 10. The molecule has 0 bridgehead atoms. The standard InChI is InChI=1S/C33H30BrClN2O6S/c1-5-41-24-13-9-22(10-14-24)29-28(32(39)42-6-2)19(3)36-33-37(29)31(38)27(44-33)17-21-15-25(34)30(26(16-21)40-4)43-18-20-7-11-23(35)12-8-20/h7-17,29H,5-6,18H2,1-4H3/b27-17-/t29-/m0/s1. The third-order valence-corrected chi connectivity index (χ3v) is 8.69. The van der Waals surface area contributed by atoms with Crippen LogP contribution in [0.25, 0.3) is 6.08 Å². The topological polar surface area (TPSA) is 88.4 Å². The molecule has 0 aliphatic carbocycles. The fourth-order valence-electron chi connectivity index (χ4n) is 4.87. The Morgan fingerprint density at radius 3 is 2.45 bits per heavy atom. The highest BCUT2D eigenvalue weighted by Crippen LogP contribution is 2.37. The number of methoxy groups -OCH3 is 1. The van der Waals surface area contributed by atoms with Crippen LogP contribution in [0.15, 0.2) is 86.2 Å². The second kappa shape index (κ2) is 13.8. The van der Waals surface area contributed by atoms with Gasteiger partial charge in [0.25, 0.3) is 5.56 Å². The van der Waals surface area contributed by atoms with Crippen molar-refractivity contribution in [3.8, 4) is 17.2 Å². The number of fused-ring (bicyclic) bond motifs is 1. The maximum absolute atomic E-state index is 14.0. The van der Waals surface area contributed by atoms with E-state index in [-0.39, 0.29) is 12.2 Å². The fraction of sp³-hybridized carbons (Fsp3) is 0.242. The Labute approximate surface area is 272 Å². The van der Waals surface area contributed by atoms with E-state index in [4.69, 9.17) is 30.5 Å². The Bertz CT molecular complexity index is 1900. The van der Waals surface area contributed by atoms with Gasteiger partial charge in [-0.3, -0.25) is 9.36 Å². The molecule has 11 heteroatoms. The van der Waals surface area contributed by atoms with Gasteiger partial charge in [0.1, 0.15) is 12.4 Å². The minimum Gasteiger partial charge on any atom is -0.494 e. The van der Waals surface area contributed by atoms with E-state index in [1.165, 1.54) is 11.3 Å². The summed E-state index contributed by atoms with van der Waals surface area (Å²) in [4.78, 5) is 32.3. The lowest BCUT2D eigenvalue weighted by Gasteiger charge is -2.24. The molecule has 1 aliphatic heterocycles. The Hall–Kier alpha value is -3.86. The zero-order chi connectivity index (χ0) is 31.4. The van der Waals surface area contributed by atoms with Gasteiger partial charge < -0.3 is 18.9 Å². The SMILES string of the molecule is CCOC(=O)C1=C(C)N=c2s/c(=C\c3cc(Br)c(OCc4ccc(Cl)cc4)c(OC)c3)c(=O)n2[C@H]1c1ccc(OCC)cc1. The van der Waals surface area contributed by atoms with Crippen molar-refractivity contribution in [1.82, 2.24) is 4.57 Å². The Kier molecular flexibility index (Phi) is 9.93. The first kappa shape index (κ1) is 31.6. The third-order valence-electron chi connectivity index (χ3n) is 6.87. The highest BCUT2D eigenvalue weighted by Gasteiger charge is 2.33. The molecule has 5 rings (SSSR count). The van der Waals surface area contributed by atoms with Crippen LogP contribution in [0.3, 0.4) is 0 Å². The smallest absolute Gasteiger partial charge is 0.338 e. The number of allylic oxidation sites excluding steroid dienone is 1. The second-order valence-corrected chi connectivity index (χ2v) is 12.1. The minimum atomic E-state index is -0.715. The summed E-state index contributed by atoms with van der Waals surface area (Å²) in [6, 6.07) is 17.7. The van der Waals surface area contributed by atoms with E-state index in [0.29, 0.717) is 60.6 Å². The van der Waals surface area contributed by atoms with Crippen LogP contribution in [0, 0.1) is 0 Å². The van der Waals surface area contributed by atoms with Gasteiger partial charge in [0.05, 0.1) is 46.6 Å².